The number of carbonyl (C=O) groups is 4. The van der Waals surface area contributed by atoms with Crippen molar-refractivity contribution in [2.45, 2.75) is 89.3 Å². The third-order valence-corrected chi connectivity index (χ3v) is 6.31. The second kappa shape index (κ2) is 22.4. The molecule has 0 aliphatic carbocycles. The highest BCUT2D eigenvalue weighted by atomic mass is 16.6. The zero-order valence-electron chi connectivity index (χ0n) is 23.6. The van der Waals surface area contributed by atoms with Gasteiger partial charge in [0, 0.05) is 0 Å². The van der Waals surface area contributed by atoms with Crippen molar-refractivity contribution < 1.29 is 57.1 Å². The Bertz CT molecular complexity index is 620. The molecule has 12 heteroatoms. The molecule has 0 unspecified atom stereocenters. The van der Waals surface area contributed by atoms with E-state index in [4.69, 9.17) is 37.9 Å². The van der Waals surface area contributed by atoms with Crippen molar-refractivity contribution in [3.8, 4) is 0 Å². The minimum absolute atomic E-state index is 0.0100. The SMILES string of the molecule is O=C1OCCCCCCCCOC(=O)C2OCCOCCOCCOC1C(=O)OCCCCCCCCOC2=O. The molecule has 0 aromatic carbocycles. The average Bonchev–Trinajstić information content (AvgIpc) is 2.94. The van der Waals surface area contributed by atoms with Gasteiger partial charge in [0.15, 0.2) is 0 Å². The quantitative estimate of drug-likeness (QED) is 0.182. The molecular weight excluding hydrogens is 528 g/mol. The van der Waals surface area contributed by atoms with Crippen molar-refractivity contribution in [3.05, 3.63) is 0 Å². The van der Waals surface area contributed by atoms with Crippen molar-refractivity contribution in [1.29, 1.82) is 0 Å². The van der Waals surface area contributed by atoms with Gasteiger partial charge in [-0.15, -0.1) is 0 Å². The Kier molecular flexibility index (Phi) is 19.0. The lowest BCUT2D eigenvalue weighted by molar-refractivity contribution is -0.176. The molecule has 0 saturated carbocycles. The van der Waals surface area contributed by atoms with Crippen LogP contribution in [0.15, 0.2) is 0 Å². The van der Waals surface area contributed by atoms with Gasteiger partial charge in [-0.1, -0.05) is 51.4 Å². The summed E-state index contributed by atoms with van der Waals surface area (Å²) in [6.45, 7) is 1.36. The summed E-state index contributed by atoms with van der Waals surface area (Å²) in [5.41, 5.74) is 0. The first-order valence-electron chi connectivity index (χ1n) is 14.6. The van der Waals surface area contributed by atoms with Crippen LogP contribution in [0.25, 0.3) is 0 Å². The van der Waals surface area contributed by atoms with Gasteiger partial charge in [0.25, 0.3) is 12.2 Å². The Morgan fingerprint density at radius 3 is 0.875 bits per heavy atom. The molecule has 0 atom stereocenters. The van der Waals surface area contributed by atoms with Crippen molar-refractivity contribution >= 4 is 23.9 Å². The Labute approximate surface area is 236 Å². The predicted molar refractivity (Wildman–Crippen MR) is 140 cm³/mol. The van der Waals surface area contributed by atoms with E-state index in [0.29, 0.717) is 25.7 Å². The van der Waals surface area contributed by atoms with E-state index < -0.39 is 36.1 Å². The normalized spacial score (nSPS) is 26.4. The summed E-state index contributed by atoms with van der Waals surface area (Å²) in [4.78, 5) is 50.3. The molecule has 0 amide bonds. The molecule has 2 saturated heterocycles. The van der Waals surface area contributed by atoms with E-state index in [2.05, 4.69) is 0 Å². The monoisotopic (exact) mass is 574 g/mol. The second-order valence-electron chi connectivity index (χ2n) is 9.64. The number of hydrogen-bond donors (Lipinski definition) is 0. The molecule has 2 aliphatic rings. The van der Waals surface area contributed by atoms with E-state index in [1.807, 2.05) is 0 Å². The largest absolute Gasteiger partial charge is 0.463 e. The molecular formula is C28H46O12. The molecule has 2 aliphatic heterocycles. The zero-order chi connectivity index (χ0) is 28.7. The lowest BCUT2D eigenvalue weighted by Gasteiger charge is -2.17. The summed E-state index contributed by atoms with van der Waals surface area (Å²) in [7, 11) is 0. The number of fused-ring (bicyclic) bond motifs is 11. The van der Waals surface area contributed by atoms with Crippen LogP contribution in [-0.4, -0.2) is 102 Å². The Hall–Kier alpha value is -2.28. The van der Waals surface area contributed by atoms with Crippen LogP contribution in [0.4, 0.5) is 0 Å². The third-order valence-electron chi connectivity index (χ3n) is 6.31. The number of carbonyl (C=O) groups excluding carboxylic acids is 4. The summed E-state index contributed by atoms with van der Waals surface area (Å²) in [5, 5.41) is 0. The lowest BCUT2D eigenvalue weighted by atomic mass is 10.1. The fourth-order valence-electron chi connectivity index (χ4n) is 4.05. The predicted octanol–water partition coefficient (Wildman–Crippen LogP) is 2.67. The van der Waals surface area contributed by atoms with E-state index in [9.17, 15) is 19.2 Å². The van der Waals surface area contributed by atoms with Gasteiger partial charge in [-0.25, -0.2) is 19.2 Å². The number of ether oxygens (including phenoxy) is 8. The van der Waals surface area contributed by atoms with Gasteiger partial charge in [0.05, 0.1) is 66.1 Å². The van der Waals surface area contributed by atoms with Gasteiger partial charge in [0.2, 0.25) is 0 Å². The highest BCUT2D eigenvalue weighted by molar-refractivity contribution is 5.98. The lowest BCUT2D eigenvalue weighted by Crippen LogP contribution is -2.37. The summed E-state index contributed by atoms with van der Waals surface area (Å²) in [6, 6.07) is 0. The molecule has 230 valence electrons. The molecule has 0 radical (unpaired) electrons. The van der Waals surface area contributed by atoms with Gasteiger partial charge in [-0.05, 0) is 25.7 Å². The maximum absolute atomic E-state index is 12.6. The van der Waals surface area contributed by atoms with Crippen molar-refractivity contribution in [2.75, 3.05) is 66.1 Å². The van der Waals surface area contributed by atoms with Crippen LogP contribution in [0.1, 0.15) is 77.0 Å². The van der Waals surface area contributed by atoms with Gasteiger partial charge in [-0.3, -0.25) is 0 Å². The number of rotatable bonds is 0. The third kappa shape index (κ3) is 15.5. The molecule has 40 heavy (non-hydrogen) atoms. The smallest absolute Gasteiger partial charge is 0.347 e. The number of cyclic esters (lactones) is 4. The van der Waals surface area contributed by atoms with Crippen LogP contribution in [0, 0.1) is 0 Å². The Morgan fingerprint density at radius 2 is 0.575 bits per heavy atom. The van der Waals surface area contributed by atoms with E-state index >= 15 is 0 Å². The van der Waals surface area contributed by atoms with Gasteiger partial charge >= 0.3 is 23.9 Å². The molecule has 0 aromatic heterocycles. The fraction of sp³-hybridized carbons (Fsp3) is 0.857. The van der Waals surface area contributed by atoms with Crippen LogP contribution in [0.5, 0.6) is 0 Å². The number of esters is 4. The van der Waals surface area contributed by atoms with Crippen LogP contribution in [-0.2, 0) is 57.1 Å². The number of hydrogen-bond acceptors (Lipinski definition) is 12. The maximum Gasteiger partial charge on any atom is 0.347 e. The summed E-state index contributed by atoms with van der Waals surface area (Å²) >= 11 is 0. The van der Waals surface area contributed by atoms with Gasteiger partial charge in [0.1, 0.15) is 0 Å². The van der Waals surface area contributed by atoms with Crippen LogP contribution < -0.4 is 0 Å². The molecule has 2 fully saturated rings. The Balaban J connectivity index is 2.04. The second-order valence-corrected chi connectivity index (χ2v) is 9.64. The molecule has 2 heterocycles. The standard InChI is InChI=1S/C28H46O12/c29-25-23-27(31)39-15-11-7-3-4-8-12-16-40-28(32)24(36-22-20-34-18-17-33-19-21-35-23)26(30)38-14-10-6-2-1-5-9-13-37-25/h23-24H,1-22H2. The van der Waals surface area contributed by atoms with Crippen LogP contribution in [0.2, 0.25) is 0 Å². The van der Waals surface area contributed by atoms with E-state index in [-0.39, 0.29) is 66.1 Å². The van der Waals surface area contributed by atoms with E-state index in [1.165, 1.54) is 0 Å². The summed E-state index contributed by atoms with van der Waals surface area (Å²) in [6.07, 6.45) is 6.64. The van der Waals surface area contributed by atoms with Gasteiger partial charge in [-0.2, -0.15) is 0 Å². The van der Waals surface area contributed by atoms with Crippen molar-refractivity contribution in [3.63, 3.8) is 0 Å². The first-order chi connectivity index (χ1) is 19.6. The first kappa shape index (κ1) is 33.9. The average molecular weight is 575 g/mol. The molecule has 2 bridgehead atoms. The molecule has 0 aromatic rings. The summed E-state index contributed by atoms with van der Waals surface area (Å²) < 4.78 is 43.0. The zero-order valence-corrected chi connectivity index (χ0v) is 23.6. The molecule has 0 N–H and O–H groups in total. The van der Waals surface area contributed by atoms with Crippen molar-refractivity contribution in [2.24, 2.45) is 0 Å². The highest BCUT2D eigenvalue weighted by Crippen LogP contribution is 2.11. The summed E-state index contributed by atoms with van der Waals surface area (Å²) in [5.74, 6) is -3.04. The minimum Gasteiger partial charge on any atom is -0.463 e. The maximum atomic E-state index is 12.6. The van der Waals surface area contributed by atoms with Crippen LogP contribution in [0.3, 0.4) is 0 Å². The highest BCUT2D eigenvalue weighted by Gasteiger charge is 2.32. The topological polar surface area (TPSA) is 142 Å². The molecule has 2 rings (SSSR count). The Morgan fingerprint density at radius 1 is 0.325 bits per heavy atom. The van der Waals surface area contributed by atoms with E-state index in [1.54, 1.807) is 0 Å². The van der Waals surface area contributed by atoms with Gasteiger partial charge < -0.3 is 37.9 Å². The van der Waals surface area contributed by atoms with E-state index in [0.717, 1.165) is 51.4 Å². The van der Waals surface area contributed by atoms with Crippen molar-refractivity contribution in [1.82, 2.24) is 0 Å². The fourth-order valence-corrected chi connectivity index (χ4v) is 4.05. The first-order valence-corrected chi connectivity index (χ1v) is 14.6. The molecule has 0 spiro atoms. The minimum atomic E-state index is -1.45. The molecule has 12 nitrogen and oxygen atoms in total. The van der Waals surface area contributed by atoms with Crippen LogP contribution >= 0.6 is 0 Å².